The molecule has 0 bridgehead atoms. The van der Waals surface area contributed by atoms with Gasteiger partial charge >= 0.3 is 5.63 Å². The number of hydrogen-bond acceptors (Lipinski definition) is 3. The Labute approximate surface area is 113 Å². The molecule has 94 valence electrons. The summed E-state index contributed by atoms with van der Waals surface area (Å²) in [5.74, 6) is 0.0592. The van der Waals surface area contributed by atoms with Crippen LogP contribution in [0.2, 0.25) is 5.02 Å². The van der Waals surface area contributed by atoms with Crippen LogP contribution in [0.1, 0.15) is 0 Å². The minimum absolute atomic E-state index is 0.0592. The molecule has 0 spiro atoms. The lowest BCUT2D eigenvalue weighted by molar-refractivity contribution is 0.473. The Morgan fingerprint density at radius 1 is 1.00 bits per heavy atom. The van der Waals surface area contributed by atoms with Crippen LogP contribution in [0.4, 0.5) is 0 Å². The predicted molar refractivity (Wildman–Crippen MR) is 74.6 cm³/mol. The van der Waals surface area contributed by atoms with Gasteiger partial charge in [-0.3, -0.25) is 0 Å². The molecule has 0 radical (unpaired) electrons. The average Bonchev–Trinajstić information content (AvgIpc) is 2.38. The first-order chi connectivity index (χ1) is 9.13. The number of hydrogen-bond donors (Lipinski definition) is 1. The van der Waals surface area contributed by atoms with Crippen LogP contribution in [-0.4, -0.2) is 5.11 Å². The molecule has 0 saturated heterocycles. The monoisotopic (exact) mass is 272 g/mol. The summed E-state index contributed by atoms with van der Waals surface area (Å²) in [6.07, 6.45) is 0. The molecule has 0 amide bonds. The van der Waals surface area contributed by atoms with Crippen molar-refractivity contribution in [2.24, 2.45) is 0 Å². The number of phenolic OH excluding ortho intramolecular Hbond substituents is 1. The average molecular weight is 273 g/mol. The van der Waals surface area contributed by atoms with Crippen molar-refractivity contribution in [3.63, 3.8) is 0 Å². The molecule has 0 fully saturated rings. The van der Waals surface area contributed by atoms with E-state index < -0.39 is 5.63 Å². The Morgan fingerprint density at radius 3 is 2.47 bits per heavy atom. The fourth-order valence-corrected chi connectivity index (χ4v) is 2.15. The van der Waals surface area contributed by atoms with E-state index in [9.17, 15) is 9.90 Å². The molecular formula is C15H9ClO3. The third-order valence-corrected chi connectivity index (χ3v) is 3.14. The zero-order chi connectivity index (χ0) is 13.4. The van der Waals surface area contributed by atoms with Crippen molar-refractivity contribution in [1.29, 1.82) is 0 Å². The molecule has 0 aliphatic rings. The number of halogens is 1. The van der Waals surface area contributed by atoms with Crippen molar-refractivity contribution in [2.45, 2.75) is 0 Å². The van der Waals surface area contributed by atoms with Crippen LogP contribution in [0.3, 0.4) is 0 Å². The lowest BCUT2D eigenvalue weighted by Crippen LogP contribution is -1.97. The SMILES string of the molecule is O=c1cc(-c2ccc(Cl)cc2)c2ccc(O)cc2o1. The van der Waals surface area contributed by atoms with Crippen molar-refractivity contribution in [3.8, 4) is 16.9 Å². The first kappa shape index (κ1) is 11.8. The lowest BCUT2D eigenvalue weighted by atomic mass is 10.0. The third kappa shape index (κ3) is 2.20. The molecule has 0 atom stereocenters. The minimum atomic E-state index is -0.456. The van der Waals surface area contributed by atoms with Gasteiger partial charge in [0.1, 0.15) is 11.3 Å². The molecule has 0 aliphatic carbocycles. The summed E-state index contributed by atoms with van der Waals surface area (Å²) >= 11 is 5.86. The zero-order valence-corrected chi connectivity index (χ0v) is 10.5. The summed E-state index contributed by atoms with van der Waals surface area (Å²) in [5, 5.41) is 10.8. The molecule has 1 aromatic heterocycles. The van der Waals surface area contributed by atoms with Gasteiger partial charge in [0.2, 0.25) is 0 Å². The van der Waals surface area contributed by atoms with E-state index >= 15 is 0 Å². The number of phenols is 1. The first-order valence-corrected chi connectivity index (χ1v) is 6.04. The molecule has 3 aromatic rings. The van der Waals surface area contributed by atoms with Crippen LogP contribution in [0.15, 0.2) is 57.7 Å². The highest BCUT2D eigenvalue weighted by Gasteiger charge is 2.08. The van der Waals surface area contributed by atoms with Crippen molar-refractivity contribution in [3.05, 3.63) is 64.0 Å². The van der Waals surface area contributed by atoms with Crippen molar-refractivity contribution < 1.29 is 9.52 Å². The van der Waals surface area contributed by atoms with Gasteiger partial charge < -0.3 is 9.52 Å². The van der Waals surface area contributed by atoms with Crippen LogP contribution in [0.25, 0.3) is 22.1 Å². The highest BCUT2D eigenvalue weighted by molar-refractivity contribution is 6.30. The van der Waals surface area contributed by atoms with Crippen LogP contribution in [0, 0.1) is 0 Å². The predicted octanol–water partition coefficient (Wildman–Crippen LogP) is 3.82. The molecule has 2 aromatic carbocycles. The fraction of sp³-hybridized carbons (Fsp3) is 0. The summed E-state index contributed by atoms with van der Waals surface area (Å²) < 4.78 is 5.09. The molecule has 19 heavy (non-hydrogen) atoms. The van der Waals surface area contributed by atoms with Gasteiger partial charge in [-0.2, -0.15) is 0 Å². The summed E-state index contributed by atoms with van der Waals surface area (Å²) in [6.45, 7) is 0. The van der Waals surface area contributed by atoms with Crippen LogP contribution >= 0.6 is 11.6 Å². The minimum Gasteiger partial charge on any atom is -0.508 e. The molecule has 3 nitrogen and oxygen atoms in total. The van der Waals surface area contributed by atoms with Crippen molar-refractivity contribution in [1.82, 2.24) is 0 Å². The van der Waals surface area contributed by atoms with E-state index in [4.69, 9.17) is 16.0 Å². The van der Waals surface area contributed by atoms with E-state index in [0.29, 0.717) is 10.6 Å². The van der Waals surface area contributed by atoms with Crippen LogP contribution in [-0.2, 0) is 0 Å². The second-order valence-corrected chi connectivity index (χ2v) is 4.60. The van der Waals surface area contributed by atoms with Gasteiger partial charge in [-0.1, -0.05) is 23.7 Å². The summed E-state index contributed by atoms with van der Waals surface area (Å²) in [7, 11) is 0. The third-order valence-electron chi connectivity index (χ3n) is 2.88. The van der Waals surface area contributed by atoms with E-state index in [1.807, 2.05) is 12.1 Å². The number of fused-ring (bicyclic) bond motifs is 1. The van der Waals surface area contributed by atoms with Gasteiger partial charge in [0.05, 0.1) is 0 Å². The topological polar surface area (TPSA) is 50.4 Å². The van der Waals surface area contributed by atoms with Gasteiger partial charge in [0.15, 0.2) is 0 Å². The molecule has 0 aliphatic heterocycles. The Morgan fingerprint density at radius 2 is 1.74 bits per heavy atom. The molecule has 1 heterocycles. The largest absolute Gasteiger partial charge is 0.508 e. The number of rotatable bonds is 1. The zero-order valence-electron chi connectivity index (χ0n) is 9.76. The van der Waals surface area contributed by atoms with Gasteiger partial charge in [0.25, 0.3) is 0 Å². The maximum atomic E-state index is 11.6. The maximum Gasteiger partial charge on any atom is 0.336 e. The standard InChI is InChI=1S/C15H9ClO3/c16-10-3-1-9(2-4-10)13-8-15(18)19-14-7-11(17)5-6-12(13)14/h1-8,17H. The van der Waals surface area contributed by atoms with E-state index in [1.165, 1.54) is 12.1 Å². The first-order valence-electron chi connectivity index (χ1n) is 5.66. The number of benzene rings is 2. The second-order valence-electron chi connectivity index (χ2n) is 4.17. The normalized spacial score (nSPS) is 10.8. The Hall–Kier alpha value is -2.26. The van der Waals surface area contributed by atoms with E-state index in [1.54, 1.807) is 24.3 Å². The van der Waals surface area contributed by atoms with Crippen LogP contribution < -0.4 is 5.63 Å². The van der Waals surface area contributed by atoms with E-state index in [2.05, 4.69) is 0 Å². The quantitative estimate of drug-likeness (QED) is 0.685. The second kappa shape index (κ2) is 4.44. The lowest BCUT2D eigenvalue weighted by Gasteiger charge is -2.06. The smallest absolute Gasteiger partial charge is 0.336 e. The number of aromatic hydroxyl groups is 1. The maximum absolute atomic E-state index is 11.6. The summed E-state index contributed by atoms with van der Waals surface area (Å²) in [6, 6.07) is 13.3. The van der Waals surface area contributed by atoms with Gasteiger partial charge in [-0.25, -0.2) is 4.79 Å². The Bertz CT molecular complexity index is 804. The van der Waals surface area contributed by atoms with Crippen LogP contribution in [0.5, 0.6) is 5.75 Å². The molecule has 3 rings (SSSR count). The highest BCUT2D eigenvalue weighted by Crippen LogP contribution is 2.29. The van der Waals surface area contributed by atoms with Gasteiger partial charge in [0, 0.05) is 22.5 Å². The fourth-order valence-electron chi connectivity index (χ4n) is 2.02. The molecule has 1 N–H and O–H groups in total. The highest BCUT2D eigenvalue weighted by atomic mass is 35.5. The van der Waals surface area contributed by atoms with E-state index in [0.717, 1.165) is 16.5 Å². The molecular weight excluding hydrogens is 264 g/mol. The van der Waals surface area contributed by atoms with Gasteiger partial charge in [-0.05, 0) is 35.4 Å². The van der Waals surface area contributed by atoms with Crippen molar-refractivity contribution in [2.75, 3.05) is 0 Å². The van der Waals surface area contributed by atoms with Crippen molar-refractivity contribution >= 4 is 22.6 Å². The van der Waals surface area contributed by atoms with Gasteiger partial charge in [-0.15, -0.1) is 0 Å². The Kier molecular flexibility index (Phi) is 2.76. The summed E-state index contributed by atoms with van der Waals surface area (Å²) in [5.41, 5.74) is 1.52. The van der Waals surface area contributed by atoms with E-state index in [-0.39, 0.29) is 5.75 Å². The Balaban J connectivity index is 2.34. The molecule has 0 unspecified atom stereocenters. The molecule has 0 saturated carbocycles. The summed E-state index contributed by atoms with van der Waals surface area (Å²) in [4.78, 5) is 11.6. The molecule has 4 heteroatoms.